The lowest BCUT2D eigenvalue weighted by Gasteiger charge is -2.28. The number of hydrogen-bond acceptors (Lipinski definition) is 3. The molecule has 5 heteroatoms. The molecule has 3 atom stereocenters. The summed E-state index contributed by atoms with van der Waals surface area (Å²) in [5.41, 5.74) is 0. The lowest BCUT2D eigenvalue weighted by atomic mass is 9.89. The summed E-state index contributed by atoms with van der Waals surface area (Å²) in [5, 5.41) is 3.34. The number of nitrogens with one attached hydrogen (secondary N) is 1. The van der Waals surface area contributed by atoms with Gasteiger partial charge in [0.25, 0.3) is 0 Å². The summed E-state index contributed by atoms with van der Waals surface area (Å²) in [7, 11) is -1.26. The molecule has 3 rings (SSSR count). The quantitative estimate of drug-likeness (QED) is 0.816. The van der Waals surface area contributed by atoms with E-state index in [9.17, 15) is 8.42 Å². The Hall–Kier alpha value is -0.130. The van der Waals surface area contributed by atoms with Gasteiger partial charge in [-0.15, -0.1) is 0 Å². The second-order valence-electron chi connectivity index (χ2n) is 7.51. The number of hydrogen-bond donors (Lipinski definition) is 1. The van der Waals surface area contributed by atoms with Crippen molar-refractivity contribution in [2.24, 2.45) is 23.7 Å². The number of fused-ring (bicyclic) bond motifs is 2. The Kier molecular flexibility index (Phi) is 4.91. The maximum Gasteiger partial charge on any atom is 0.213 e. The molecule has 3 aliphatic rings. The molecule has 4 nitrogen and oxygen atoms in total. The maximum absolute atomic E-state index is 12.5. The van der Waals surface area contributed by atoms with Crippen molar-refractivity contribution >= 4 is 10.0 Å². The third-order valence-electron chi connectivity index (χ3n) is 6.09. The van der Waals surface area contributed by atoms with E-state index in [1.54, 1.807) is 11.4 Å². The summed E-state index contributed by atoms with van der Waals surface area (Å²) in [6.07, 6.45) is 8.43. The van der Waals surface area contributed by atoms with Crippen molar-refractivity contribution in [2.75, 3.05) is 32.4 Å². The van der Waals surface area contributed by atoms with Crippen LogP contribution in [0.15, 0.2) is 0 Å². The standard InChI is InChI=1S/C16H30N2O2S/c1-18(12-16-11-14-2-3-15(16)10-14)21(19,20)9-6-13-4-7-17-8-5-13/h13-17H,2-12H2,1H3. The van der Waals surface area contributed by atoms with Gasteiger partial charge >= 0.3 is 0 Å². The zero-order valence-electron chi connectivity index (χ0n) is 13.3. The van der Waals surface area contributed by atoms with Crippen LogP contribution in [-0.4, -0.2) is 45.2 Å². The molecule has 1 N–H and O–H groups in total. The highest BCUT2D eigenvalue weighted by Gasteiger charge is 2.40. The Morgan fingerprint density at radius 3 is 2.48 bits per heavy atom. The van der Waals surface area contributed by atoms with Gasteiger partial charge in [0, 0.05) is 13.6 Å². The molecule has 3 fully saturated rings. The summed E-state index contributed by atoms with van der Waals surface area (Å²) < 4.78 is 26.6. The molecule has 0 amide bonds. The molecule has 0 aromatic rings. The van der Waals surface area contributed by atoms with E-state index in [2.05, 4.69) is 5.32 Å². The Bertz CT molecular complexity index is 445. The third kappa shape index (κ3) is 3.80. The van der Waals surface area contributed by atoms with E-state index in [4.69, 9.17) is 0 Å². The van der Waals surface area contributed by atoms with Crippen LogP contribution in [0.4, 0.5) is 0 Å². The van der Waals surface area contributed by atoms with Crippen molar-refractivity contribution in [3.63, 3.8) is 0 Å². The monoisotopic (exact) mass is 314 g/mol. The molecule has 1 saturated heterocycles. The average molecular weight is 314 g/mol. The fourth-order valence-corrected chi connectivity index (χ4v) is 6.05. The van der Waals surface area contributed by atoms with E-state index >= 15 is 0 Å². The Balaban J connectivity index is 1.47. The molecule has 2 aliphatic carbocycles. The Morgan fingerprint density at radius 2 is 1.86 bits per heavy atom. The minimum absolute atomic E-state index is 0.342. The lowest BCUT2D eigenvalue weighted by Crippen LogP contribution is -2.36. The van der Waals surface area contributed by atoms with Crippen molar-refractivity contribution in [1.29, 1.82) is 0 Å². The van der Waals surface area contributed by atoms with Gasteiger partial charge in [-0.25, -0.2) is 12.7 Å². The molecule has 0 aromatic heterocycles. The van der Waals surface area contributed by atoms with Crippen LogP contribution in [0.3, 0.4) is 0 Å². The van der Waals surface area contributed by atoms with Crippen molar-refractivity contribution in [3.8, 4) is 0 Å². The summed E-state index contributed by atoms with van der Waals surface area (Å²) in [6, 6.07) is 0. The minimum atomic E-state index is -3.05. The van der Waals surface area contributed by atoms with Crippen LogP contribution < -0.4 is 5.32 Å². The summed E-state index contributed by atoms with van der Waals surface area (Å²) in [5.74, 6) is 3.26. The molecule has 3 unspecified atom stereocenters. The second-order valence-corrected chi connectivity index (χ2v) is 9.71. The highest BCUT2D eigenvalue weighted by atomic mass is 32.2. The van der Waals surface area contributed by atoms with Gasteiger partial charge in [0.05, 0.1) is 5.75 Å². The molecule has 0 aromatic carbocycles. The number of sulfonamides is 1. The predicted octanol–water partition coefficient (Wildman–Crippen LogP) is 2.07. The lowest BCUT2D eigenvalue weighted by molar-refractivity contribution is 0.279. The molecule has 2 bridgehead atoms. The van der Waals surface area contributed by atoms with Gasteiger partial charge in [-0.05, 0) is 75.3 Å². The van der Waals surface area contributed by atoms with Gasteiger partial charge in [-0.3, -0.25) is 0 Å². The second kappa shape index (κ2) is 6.55. The van der Waals surface area contributed by atoms with E-state index in [1.807, 2.05) is 0 Å². The van der Waals surface area contributed by atoms with Crippen LogP contribution in [0.2, 0.25) is 0 Å². The molecular weight excluding hydrogens is 284 g/mol. The normalized spacial score (nSPS) is 33.9. The largest absolute Gasteiger partial charge is 0.317 e. The van der Waals surface area contributed by atoms with Crippen LogP contribution in [0.1, 0.15) is 44.9 Å². The van der Waals surface area contributed by atoms with Gasteiger partial charge in [0.1, 0.15) is 0 Å². The molecule has 1 heterocycles. The van der Waals surface area contributed by atoms with Gasteiger partial charge in [-0.1, -0.05) is 6.42 Å². The van der Waals surface area contributed by atoms with Crippen LogP contribution in [0, 0.1) is 23.7 Å². The van der Waals surface area contributed by atoms with E-state index < -0.39 is 10.0 Å². The van der Waals surface area contributed by atoms with E-state index in [0.717, 1.165) is 50.7 Å². The predicted molar refractivity (Wildman–Crippen MR) is 85.6 cm³/mol. The Labute approximate surface area is 129 Å². The fraction of sp³-hybridized carbons (Fsp3) is 1.00. The van der Waals surface area contributed by atoms with Crippen LogP contribution in [0.5, 0.6) is 0 Å². The highest BCUT2D eigenvalue weighted by Crippen LogP contribution is 2.48. The van der Waals surface area contributed by atoms with E-state index in [-0.39, 0.29) is 0 Å². The zero-order valence-corrected chi connectivity index (χ0v) is 14.1. The zero-order chi connectivity index (χ0) is 14.9. The highest BCUT2D eigenvalue weighted by molar-refractivity contribution is 7.89. The molecule has 2 saturated carbocycles. The summed E-state index contributed by atoms with van der Waals surface area (Å²) in [4.78, 5) is 0. The summed E-state index contributed by atoms with van der Waals surface area (Å²) >= 11 is 0. The maximum atomic E-state index is 12.5. The topological polar surface area (TPSA) is 49.4 Å². The first-order chi connectivity index (χ1) is 10.0. The minimum Gasteiger partial charge on any atom is -0.317 e. The average Bonchev–Trinajstić information content (AvgIpc) is 3.09. The summed E-state index contributed by atoms with van der Waals surface area (Å²) in [6.45, 7) is 2.85. The molecule has 122 valence electrons. The van der Waals surface area contributed by atoms with E-state index in [1.165, 1.54) is 25.7 Å². The van der Waals surface area contributed by atoms with Crippen molar-refractivity contribution < 1.29 is 8.42 Å². The van der Waals surface area contributed by atoms with E-state index in [0.29, 0.717) is 17.6 Å². The van der Waals surface area contributed by atoms with Gasteiger partial charge in [-0.2, -0.15) is 0 Å². The number of piperidine rings is 1. The third-order valence-corrected chi connectivity index (χ3v) is 7.94. The first kappa shape index (κ1) is 15.8. The van der Waals surface area contributed by atoms with Crippen LogP contribution >= 0.6 is 0 Å². The van der Waals surface area contributed by atoms with Gasteiger partial charge < -0.3 is 5.32 Å². The molecule has 0 spiro atoms. The first-order valence-electron chi connectivity index (χ1n) is 8.69. The molecule has 21 heavy (non-hydrogen) atoms. The van der Waals surface area contributed by atoms with Crippen molar-refractivity contribution in [3.05, 3.63) is 0 Å². The fourth-order valence-electron chi connectivity index (χ4n) is 4.69. The van der Waals surface area contributed by atoms with Crippen molar-refractivity contribution in [1.82, 2.24) is 9.62 Å². The van der Waals surface area contributed by atoms with Crippen molar-refractivity contribution in [2.45, 2.75) is 44.9 Å². The van der Waals surface area contributed by atoms with Crippen LogP contribution in [-0.2, 0) is 10.0 Å². The van der Waals surface area contributed by atoms with Crippen LogP contribution in [0.25, 0.3) is 0 Å². The van der Waals surface area contributed by atoms with Gasteiger partial charge in [0.15, 0.2) is 0 Å². The van der Waals surface area contributed by atoms with Gasteiger partial charge in [0.2, 0.25) is 10.0 Å². The first-order valence-corrected chi connectivity index (χ1v) is 10.3. The molecule has 1 aliphatic heterocycles. The number of nitrogens with zero attached hydrogens (tertiary/aromatic N) is 1. The SMILES string of the molecule is CN(CC1CC2CCC1C2)S(=O)(=O)CCC1CCNCC1. The Morgan fingerprint density at radius 1 is 1.10 bits per heavy atom. The number of rotatable bonds is 6. The smallest absolute Gasteiger partial charge is 0.213 e. The molecule has 0 radical (unpaired) electrons. The molecular formula is C16H30N2O2S.